The predicted octanol–water partition coefficient (Wildman–Crippen LogP) is 3.29. The second kappa shape index (κ2) is 4.75. The lowest BCUT2D eigenvalue weighted by molar-refractivity contribution is 0.399. The molecule has 0 saturated carbocycles. The van der Waals surface area contributed by atoms with Gasteiger partial charge in [0.2, 0.25) is 0 Å². The summed E-state index contributed by atoms with van der Waals surface area (Å²) < 4.78 is 1.33. The van der Waals surface area contributed by atoms with Crippen molar-refractivity contribution >= 4 is 21.6 Å². The van der Waals surface area contributed by atoms with E-state index in [2.05, 4.69) is 30.4 Å². The minimum Gasteiger partial charge on any atom is -0.314 e. The lowest BCUT2D eigenvalue weighted by Crippen LogP contribution is -2.35. The van der Waals surface area contributed by atoms with E-state index in [9.17, 15) is 0 Å². The summed E-state index contributed by atoms with van der Waals surface area (Å²) in [6.07, 6.45) is 5.09. The first kappa shape index (κ1) is 11.2. The van der Waals surface area contributed by atoms with Crippen molar-refractivity contribution in [2.45, 2.75) is 38.6 Å². The molecule has 2 aromatic rings. The van der Waals surface area contributed by atoms with E-state index in [-0.39, 0.29) is 0 Å². The molecule has 1 aliphatic heterocycles. The molecular formula is C14H18N2S. The van der Waals surface area contributed by atoms with Crippen LogP contribution in [0.4, 0.5) is 0 Å². The number of fused-ring (bicyclic) bond motifs is 1. The Hall–Kier alpha value is -0.930. The Morgan fingerprint density at radius 1 is 1.41 bits per heavy atom. The monoisotopic (exact) mass is 246 g/mol. The average molecular weight is 246 g/mol. The number of hydrogen-bond acceptors (Lipinski definition) is 3. The number of piperidine rings is 1. The van der Waals surface area contributed by atoms with Gasteiger partial charge >= 0.3 is 0 Å². The molecule has 1 aromatic heterocycles. The Kier molecular flexibility index (Phi) is 3.12. The molecule has 3 rings (SSSR count). The van der Waals surface area contributed by atoms with Gasteiger partial charge in [-0.1, -0.05) is 12.5 Å². The highest BCUT2D eigenvalue weighted by molar-refractivity contribution is 7.18. The maximum atomic E-state index is 4.73. The summed E-state index contributed by atoms with van der Waals surface area (Å²) in [5.74, 6) is 0. The van der Waals surface area contributed by atoms with Crippen molar-refractivity contribution in [1.82, 2.24) is 10.3 Å². The number of benzene rings is 1. The standard InChI is InChI=1S/C14H18N2S/c1-10-5-6-12-13(8-10)17-14(16-12)9-11-4-2-3-7-15-11/h5-6,8,11,15H,2-4,7,9H2,1H3. The van der Waals surface area contributed by atoms with Crippen LogP contribution in [0.2, 0.25) is 0 Å². The van der Waals surface area contributed by atoms with Crippen LogP contribution < -0.4 is 5.32 Å². The molecule has 3 heteroatoms. The van der Waals surface area contributed by atoms with Gasteiger partial charge in [0.25, 0.3) is 0 Å². The molecule has 1 saturated heterocycles. The van der Waals surface area contributed by atoms with E-state index in [0.717, 1.165) is 11.9 Å². The number of aromatic nitrogens is 1. The van der Waals surface area contributed by atoms with Crippen LogP contribution in [0, 0.1) is 6.92 Å². The topological polar surface area (TPSA) is 24.9 Å². The normalized spacial score (nSPS) is 20.9. The Morgan fingerprint density at radius 3 is 3.18 bits per heavy atom. The number of nitrogens with one attached hydrogen (secondary N) is 1. The van der Waals surface area contributed by atoms with E-state index in [4.69, 9.17) is 4.98 Å². The maximum absolute atomic E-state index is 4.73. The van der Waals surface area contributed by atoms with Crippen LogP contribution in [0.5, 0.6) is 0 Å². The van der Waals surface area contributed by atoms with E-state index in [0.29, 0.717) is 6.04 Å². The van der Waals surface area contributed by atoms with E-state index in [1.165, 1.54) is 41.1 Å². The maximum Gasteiger partial charge on any atom is 0.0954 e. The third-order valence-electron chi connectivity index (χ3n) is 3.42. The molecule has 0 spiro atoms. The second-order valence-electron chi connectivity index (χ2n) is 4.93. The Balaban J connectivity index is 1.80. The highest BCUT2D eigenvalue weighted by Crippen LogP contribution is 2.25. The van der Waals surface area contributed by atoms with Crippen LogP contribution in [-0.2, 0) is 6.42 Å². The first-order chi connectivity index (χ1) is 8.31. The van der Waals surface area contributed by atoms with Gasteiger partial charge < -0.3 is 5.32 Å². The molecule has 90 valence electrons. The van der Waals surface area contributed by atoms with Crippen molar-refractivity contribution in [2.24, 2.45) is 0 Å². The SMILES string of the molecule is Cc1ccc2nc(CC3CCCCN3)sc2c1. The minimum absolute atomic E-state index is 0.644. The summed E-state index contributed by atoms with van der Waals surface area (Å²) in [5, 5.41) is 4.87. The van der Waals surface area contributed by atoms with Crippen LogP contribution in [0.25, 0.3) is 10.2 Å². The molecule has 1 fully saturated rings. The van der Waals surface area contributed by atoms with Gasteiger partial charge in [0.15, 0.2) is 0 Å². The molecule has 1 N–H and O–H groups in total. The van der Waals surface area contributed by atoms with Gasteiger partial charge in [0, 0.05) is 12.5 Å². The molecule has 0 amide bonds. The van der Waals surface area contributed by atoms with E-state index in [1.807, 2.05) is 11.3 Å². The number of nitrogens with zero attached hydrogens (tertiary/aromatic N) is 1. The summed E-state index contributed by atoms with van der Waals surface area (Å²) in [5.41, 5.74) is 2.48. The fourth-order valence-corrected chi connectivity index (χ4v) is 3.62. The predicted molar refractivity (Wildman–Crippen MR) is 73.7 cm³/mol. The summed E-state index contributed by atoms with van der Waals surface area (Å²) in [4.78, 5) is 4.73. The zero-order valence-electron chi connectivity index (χ0n) is 10.2. The van der Waals surface area contributed by atoms with Crippen molar-refractivity contribution in [2.75, 3.05) is 6.54 Å². The zero-order chi connectivity index (χ0) is 11.7. The largest absolute Gasteiger partial charge is 0.314 e. The van der Waals surface area contributed by atoms with Crippen LogP contribution in [0.1, 0.15) is 29.8 Å². The lowest BCUT2D eigenvalue weighted by atomic mass is 10.0. The zero-order valence-corrected chi connectivity index (χ0v) is 11.0. The van der Waals surface area contributed by atoms with Crippen molar-refractivity contribution in [3.8, 4) is 0 Å². The van der Waals surface area contributed by atoms with Crippen LogP contribution in [-0.4, -0.2) is 17.6 Å². The summed E-state index contributed by atoms with van der Waals surface area (Å²) in [6, 6.07) is 7.17. The molecule has 0 radical (unpaired) electrons. The van der Waals surface area contributed by atoms with E-state index < -0.39 is 0 Å². The van der Waals surface area contributed by atoms with Crippen LogP contribution in [0.3, 0.4) is 0 Å². The van der Waals surface area contributed by atoms with E-state index in [1.54, 1.807) is 0 Å². The van der Waals surface area contributed by atoms with Gasteiger partial charge in [-0.3, -0.25) is 0 Å². The molecular weight excluding hydrogens is 228 g/mol. The first-order valence-corrected chi connectivity index (χ1v) is 7.22. The first-order valence-electron chi connectivity index (χ1n) is 6.41. The van der Waals surface area contributed by atoms with Gasteiger partial charge in [0.1, 0.15) is 0 Å². The Bertz CT molecular complexity index is 512. The van der Waals surface area contributed by atoms with Crippen molar-refractivity contribution < 1.29 is 0 Å². The van der Waals surface area contributed by atoms with Gasteiger partial charge in [0.05, 0.1) is 15.2 Å². The molecule has 17 heavy (non-hydrogen) atoms. The fourth-order valence-electron chi connectivity index (χ4n) is 2.48. The summed E-state index contributed by atoms with van der Waals surface area (Å²) in [7, 11) is 0. The average Bonchev–Trinajstić information content (AvgIpc) is 2.71. The smallest absolute Gasteiger partial charge is 0.0954 e. The van der Waals surface area contributed by atoms with Gasteiger partial charge in [-0.05, 0) is 44.0 Å². The fraction of sp³-hybridized carbons (Fsp3) is 0.500. The Labute approximate surface area is 106 Å². The van der Waals surface area contributed by atoms with Gasteiger partial charge in [-0.25, -0.2) is 4.98 Å². The molecule has 1 aliphatic rings. The lowest BCUT2D eigenvalue weighted by Gasteiger charge is -2.22. The molecule has 2 heterocycles. The number of aryl methyl sites for hydroxylation is 1. The van der Waals surface area contributed by atoms with Gasteiger partial charge in [-0.15, -0.1) is 11.3 Å². The molecule has 2 nitrogen and oxygen atoms in total. The highest BCUT2D eigenvalue weighted by Gasteiger charge is 2.15. The highest BCUT2D eigenvalue weighted by atomic mass is 32.1. The third kappa shape index (κ3) is 2.50. The molecule has 1 aromatic carbocycles. The Morgan fingerprint density at radius 2 is 2.35 bits per heavy atom. The molecule has 0 aliphatic carbocycles. The minimum atomic E-state index is 0.644. The van der Waals surface area contributed by atoms with Crippen molar-refractivity contribution in [3.05, 3.63) is 28.8 Å². The van der Waals surface area contributed by atoms with Crippen LogP contribution >= 0.6 is 11.3 Å². The molecule has 1 atom stereocenters. The molecule has 0 bridgehead atoms. The number of hydrogen-bond donors (Lipinski definition) is 1. The van der Waals surface area contributed by atoms with E-state index >= 15 is 0 Å². The van der Waals surface area contributed by atoms with Gasteiger partial charge in [-0.2, -0.15) is 0 Å². The number of thiazole rings is 1. The second-order valence-corrected chi connectivity index (χ2v) is 6.04. The number of rotatable bonds is 2. The summed E-state index contributed by atoms with van der Waals surface area (Å²) >= 11 is 1.85. The third-order valence-corrected chi connectivity index (χ3v) is 4.46. The van der Waals surface area contributed by atoms with Crippen LogP contribution in [0.15, 0.2) is 18.2 Å². The molecule has 1 unspecified atom stereocenters. The summed E-state index contributed by atoms with van der Waals surface area (Å²) in [6.45, 7) is 3.32. The quantitative estimate of drug-likeness (QED) is 0.879. The van der Waals surface area contributed by atoms with Crippen molar-refractivity contribution in [1.29, 1.82) is 0 Å². The van der Waals surface area contributed by atoms with Crippen molar-refractivity contribution in [3.63, 3.8) is 0 Å².